The second kappa shape index (κ2) is 8.30. The van der Waals surface area contributed by atoms with Crippen molar-refractivity contribution in [2.24, 2.45) is 5.92 Å². The number of amides is 1. The van der Waals surface area contributed by atoms with E-state index in [0.717, 1.165) is 58.2 Å². The van der Waals surface area contributed by atoms with E-state index in [-0.39, 0.29) is 0 Å². The fraction of sp³-hybridized carbons (Fsp3) is 0.944. The number of piperazine rings is 1. The van der Waals surface area contributed by atoms with Crippen LogP contribution in [-0.2, 0) is 4.79 Å². The van der Waals surface area contributed by atoms with Gasteiger partial charge >= 0.3 is 0 Å². The predicted octanol–water partition coefficient (Wildman–Crippen LogP) is 2.24. The molecule has 3 rings (SSSR count). The van der Waals surface area contributed by atoms with Crippen LogP contribution in [-0.4, -0.2) is 61.0 Å². The van der Waals surface area contributed by atoms with Crippen molar-refractivity contribution in [2.75, 3.05) is 39.3 Å². The Labute approximate surface area is 135 Å². The standard InChI is InChI=1S/C18H33N3O/c22-18(16-6-4-5-7-16)21-14-12-20(13-15-21)11-10-19-17-8-2-1-3-9-17/h16-17,19H,1-15H2. The van der Waals surface area contributed by atoms with Gasteiger partial charge in [0.05, 0.1) is 0 Å². The fourth-order valence-corrected chi connectivity index (χ4v) is 4.36. The highest BCUT2D eigenvalue weighted by molar-refractivity contribution is 5.79. The number of nitrogens with one attached hydrogen (secondary N) is 1. The van der Waals surface area contributed by atoms with Crippen LogP contribution in [0.25, 0.3) is 0 Å². The smallest absolute Gasteiger partial charge is 0.225 e. The molecule has 22 heavy (non-hydrogen) atoms. The van der Waals surface area contributed by atoms with E-state index in [1.807, 2.05) is 0 Å². The van der Waals surface area contributed by atoms with Gasteiger partial charge in [0.25, 0.3) is 0 Å². The Balaban J connectivity index is 1.30. The molecule has 0 aromatic rings. The molecule has 0 atom stereocenters. The van der Waals surface area contributed by atoms with Crippen LogP contribution in [0.15, 0.2) is 0 Å². The van der Waals surface area contributed by atoms with E-state index in [2.05, 4.69) is 15.1 Å². The number of hydrogen-bond acceptors (Lipinski definition) is 3. The summed E-state index contributed by atoms with van der Waals surface area (Å²) in [6, 6.07) is 0.763. The molecule has 1 N–H and O–H groups in total. The van der Waals surface area contributed by atoms with Gasteiger partial charge in [0.15, 0.2) is 0 Å². The van der Waals surface area contributed by atoms with Gasteiger partial charge in [0.2, 0.25) is 5.91 Å². The van der Waals surface area contributed by atoms with Crippen LogP contribution in [0.2, 0.25) is 0 Å². The molecule has 0 bridgehead atoms. The first-order valence-electron chi connectivity index (χ1n) is 9.57. The van der Waals surface area contributed by atoms with Crippen LogP contribution in [0.3, 0.4) is 0 Å². The molecule has 0 aromatic heterocycles. The second-order valence-electron chi connectivity index (χ2n) is 7.44. The Kier molecular flexibility index (Phi) is 6.13. The lowest BCUT2D eigenvalue weighted by Crippen LogP contribution is -2.51. The van der Waals surface area contributed by atoms with Crippen molar-refractivity contribution in [1.29, 1.82) is 0 Å². The van der Waals surface area contributed by atoms with Gasteiger partial charge in [0.1, 0.15) is 0 Å². The molecule has 3 fully saturated rings. The third-order valence-corrected chi connectivity index (χ3v) is 5.85. The summed E-state index contributed by atoms with van der Waals surface area (Å²) in [5, 5.41) is 3.73. The van der Waals surface area contributed by atoms with Gasteiger partial charge in [-0.3, -0.25) is 9.69 Å². The molecule has 1 saturated heterocycles. The Bertz CT molecular complexity index is 340. The van der Waals surface area contributed by atoms with Crippen LogP contribution in [0.5, 0.6) is 0 Å². The fourth-order valence-electron chi connectivity index (χ4n) is 4.36. The first-order valence-corrected chi connectivity index (χ1v) is 9.57. The maximum absolute atomic E-state index is 12.4. The average molecular weight is 307 g/mol. The molecule has 0 aromatic carbocycles. The Morgan fingerprint density at radius 3 is 2.18 bits per heavy atom. The summed E-state index contributed by atoms with van der Waals surface area (Å²) < 4.78 is 0. The molecular weight excluding hydrogens is 274 g/mol. The van der Waals surface area contributed by atoms with Crippen LogP contribution >= 0.6 is 0 Å². The van der Waals surface area contributed by atoms with E-state index in [9.17, 15) is 4.79 Å². The second-order valence-corrected chi connectivity index (χ2v) is 7.44. The molecule has 0 unspecified atom stereocenters. The average Bonchev–Trinajstić information content (AvgIpc) is 3.10. The lowest BCUT2D eigenvalue weighted by atomic mass is 9.95. The monoisotopic (exact) mass is 307 g/mol. The zero-order valence-corrected chi connectivity index (χ0v) is 14.1. The normalized spacial score (nSPS) is 25.7. The molecule has 3 aliphatic rings. The quantitative estimate of drug-likeness (QED) is 0.846. The zero-order valence-electron chi connectivity index (χ0n) is 14.1. The zero-order chi connectivity index (χ0) is 15.2. The molecular formula is C18H33N3O. The third kappa shape index (κ3) is 4.45. The largest absolute Gasteiger partial charge is 0.340 e. The summed E-state index contributed by atoms with van der Waals surface area (Å²) in [5.41, 5.74) is 0. The molecule has 1 heterocycles. The minimum absolute atomic E-state index is 0.347. The lowest BCUT2D eigenvalue weighted by molar-refractivity contribution is -0.137. The Hall–Kier alpha value is -0.610. The molecule has 0 spiro atoms. The number of nitrogens with zero attached hydrogens (tertiary/aromatic N) is 2. The summed E-state index contributed by atoms with van der Waals surface area (Å²) in [4.78, 5) is 17.1. The maximum atomic E-state index is 12.4. The summed E-state index contributed by atoms with van der Waals surface area (Å²) in [6.07, 6.45) is 11.7. The highest BCUT2D eigenvalue weighted by atomic mass is 16.2. The molecule has 4 heteroatoms. The lowest BCUT2D eigenvalue weighted by Gasteiger charge is -2.36. The van der Waals surface area contributed by atoms with E-state index in [1.54, 1.807) is 0 Å². The number of rotatable bonds is 5. The van der Waals surface area contributed by atoms with Crippen molar-refractivity contribution in [1.82, 2.24) is 15.1 Å². The maximum Gasteiger partial charge on any atom is 0.225 e. The molecule has 126 valence electrons. The summed E-state index contributed by atoms with van der Waals surface area (Å²) in [6.45, 7) is 6.26. The molecule has 2 aliphatic carbocycles. The highest BCUT2D eigenvalue weighted by Gasteiger charge is 2.29. The molecule has 1 amide bonds. The van der Waals surface area contributed by atoms with Gasteiger partial charge in [-0.15, -0.1) is 0 Å². The highest BCUT2D eigenvalue weighted by Crippen LogP contribution is 2.26. The number of carbonyl (C=O) groups is 1. The van der Waals surface area contributed by atoms with Crippen molar-refractivity contribution in [2.45, 2.75) is 63.8 Å². The van der Waals surface area contributed by atoms with Crippen molar-refractivity contribution in [3.8, 4) is 0 Å². The van der Waals surface area contributed by atoms with E-state index >= 15 is 0 Å². The van der Waals surface area contributed by atoms with E-state index < -0.39 is 0 Å². The van der Waals surface area contributed by atoms with Gasteiger partial charge < -0.3 is 10.2 Å². The minimum atomic E-state index is 0.347. The van der Waals surface area contributed by atoms with Gasteiger partial charge in [0, 0.05) is 51.2 Å². The summed E-state index contributed by atoms with van der Waals surface area (Å²) in [7, 11) is 0. The van der Waals surface area contributed by atoms with Crippen LogP contribution < -0.4 is 5.32 Å². The van der Waals surface area contributed by atoms with Crippen molar-refractivity contribution < 1.29 is 4.79 Å². The number of carbonyl (C=O) groups excluding carboxylic acids is 1. The van der Waals surface area contributed by atoms with Crippen LogP contribution in [0.4, 0.5) is 0 Å². The number of hydrogen-bond donors (Lipinski definition) is 1. The Morgan fingerprint density at radius 2 is 1.50 bits per heavy atom. The third-order valence-electron chi connectivity index (χ3n) is 5.85. The molecule has 2 saturated carbocycles. The van der Waals surface area contributed by atoms with Crippen molar-refractivity contribution in [3.05, 3.63) is 0 Å². The topological polar surface area (TPSA) is 35.6 Å². The molecule has 1 aliphatic heterocycles. The summed E-state index contributed by atoms with van der Waals surface area (Å²) >= 11 is 0. The molecule has 4 nitrogen and oxygen atoms in total. The van der Waals surface area contributed by atoms with Gasteiger partial charge in [-0.05, 0) is 25.7 Å². The van der Waals surface area contributed by atoms with E-state index in [4.69, 9.17) is 0 Å². The Morgan fingerprint density at radius 1 is 0.864 bits per heavy atom. The first kappa shape index (κ1) is 16.3. The van der Waals surface area contributed by atoms with Crippen molar-refractivity contribution >= 4 is 5.91 Å². The van der Waals surface area contributed by atoms with Gasteiger partial charge in [-0.1, -0.05) is 32.1 Å². The van der Waals surface area contributed by atoms with Crippen LogP contribution in [0.1, 0.15) is 57.8 Å². The SMILES string of the molecule is O=C(C1CCCC1)N1CCN(CCNC2CCCCC2)CC1. The van der Waals surface area contributed by atoms with Gasteiger partial charge in [-0.25, -0.2) is 0 Å². The van der Waals surface area contributed by atoms with Gasteiger partial charge in [-0.2, -0.15) is 0 Å². The van der Waals surface area contributed by atoms with Crippen LogP contribution in [0, 0.1) is 5.92 Å². The predicted molar refractivity (Wildman–Crippen MR) is 89.9 cm³/mol. The minimum Gasteiger partial charge on any atom is -0.340 e. The van der Waals surface area contributed by atoms with E-state index in [0.29, 0.717) is 11.8 Å². The van der Waals surface area contributed by atoms with E-state index in [1.165, 1.54) is 44.9 Å². The molecule has 0 radical (unpaired) electrons. The first-order chi connectivity index (χ1) is 10.8. The van der Waals surface area contributed by atoms with Crippen molar-refractivity contribution in [3.63, 3.8) is 0 Å². The summed E-state index contributed by atoms with van der Waals surface area (Å²) in [5.74, 6) is 0.789.